The fourth-order valence-corrected chi connectivity index (χ4v) is 3.51. The fraction of sp³-hybridized carbons (Fsp3) is 0.250. The summed E-state index contributed by atoms with van der Waals surface area (Å²) in [7, 11) is 0. The monoisotopic (exact) mass is 461 g/mol. The average molecular weight is 462 g/mol. The minimum absolute atomic E-state index is 0.0883. The molecular formula is C20H20BrN3O3S. The number of hydrogen-bond acceptors (Lipinski definition) is 4. The molecule has 2 amide bonds. The van der Waals surface area contributed by atoms with Gasteiger partial charge in [-0.2, -0.15) is 0 Å². The molecule has 0 radical (unpaired) electrons. The molecule has 28 heavy (non-hydrogen) atoms. The van der Waals surface area contributed by atoms with E-state index < -0.39 is 0 Å². The number of amides is 2. The molecule has 6 nitrogen and oxygen atoms in total. The Kier molecular flexibility index (Phi) is 7.13. The fourth-order valence-electron chi connectivity index (χ4n) is 2.83. The van der Waals surface area contributed by atoms with Crippen LogP contribution in [0.2, 0.25) is 0 Å². The van der Waals surface area contributed by atoms with Crippen LogP contribution in [-0.4, -0.2) is 36.2 Å². The molecule has 1 fully saturated rings. The number of anilines is 1. The van der Waals surface area contributed by atoms with E-state index in [-0.39, 0.29) is 23.0 Å². The van der Waals surface area contributed by atoms with Crippen molar-refractivity contribution in [2.45, 2.75) is 18.9 Å². The van der Waals surface area contributed by atoms with Gasteiger partial charge in [-0.15, -0.1) is 0 Å². The number of hydrogen-bond donors (Lipinski definition) is 3. The molecule has 1 atom stereocenters. The first-order chi connectivity index (χ1) is 13.5. The van der Waals surface area contributed by atoms with E-state index >= 15 is 0 Å². The van der Waals surface area contributed by atoms with Crippen molar-refractivity contribution in [2.75, 3.05) is 18.5 Å². The number of ether oxygens (including phenoxy) is 1. The van der Waals surface area contributed by atoms with E-state index in [1.54, 1.807) is 42.5 Å². The number of halogens is 1. The summed E-state index contributed by atoms with van der Waals surface area (Å²) < 4.78 is 6.19. The molecule has 3 N–H and O–H groups in total. The zero-order chi connectivity index (χ0) is 19.9. The van der Waals surface area contributed by atoms with Crippen LogP contribution in [0.1, 0.15) is 33.6 Å². The second-order valence-electron chi connectivity index (χ2n) is 6.31. The van der Waals surface area contributed by atoms with Gasteiger partial charge in [0.1, 0.15) is 0 Å². The smallest absolute Gasteiger partial charge is 0.258 e. The summed E-state index contributed by atoms with van der Waals surface area (Å²) in [5, 5.41) is 8.60. The third-order valence-electron chi connectivity index (χ3n) is 4.24. The van der Waals surface area contributed by atoms with Crippen LogP contribution < -0.4 is 16.0 Å². The average Bonchev–Trinajstić information content (AvgIpc) is 3.20. The predicted molar refractivity (Wildman–Crippen MR) is 116 cm³/mol. The molecule has 1 aliphatic heterocycles. The lowest BCUT2D eigenvalue weighted by Crippen LogP contribution is -2.34. The van der Waals surface area contributed by atoms with Gasteiger partial charge in [0.05, 0.1) is 11.7 Å². The van der Waals surface area contributed by atoms with Gasteiger partial charge in [-0.25, -0.2) is 0 Å². The molecular weight excluding hydrogens is 442 g/mol. The molecule has 0 saturated carbocycles. The maximum atomic E-state index is 12.3. The van der Waals surface area contributed by atoms with E-state index in [9.17, 15) is 9.59 Å². The highest BCUT2D eigenvalue weighted by Crippen LogP contribution is 2.16. The molecule has 1 aliphatic rings. The second kappa shape index (κ2) is 9.77. The molecule has 0 aromatic heterocycles. The van der Waals surface area contributed by atoms with Crippen molar-refractivity contribution in [1.29, 1.82) is 0 Å². The van der Waals surface area contributed by atoms with Gasteiger partial charge in [0.25, 0.3) is 11.8 Å². The normalized spacial score (nSPS) is 15.7. The van der Waals surface area contributed by atoms with Crippen molar-refractivity contribution in [3.05, 3.63) is 64.1 Å². The maximum Gasteiger partial charge on any atom is 0.258 e. The summed E-state index contributed by atoms with van der Waals surface area (Å²) in [6, 6.07) is 14.0. The SMILES string of the molecule is O=C(NCC1CCCO1)c1cccc(NC(=S)NC(=O)c2ccccc2Br)c1. The van der Waals surface area contributed by atoms with Crippen molar-refractivity contribution >= 4 is 50.8 Å². The van der Waals surface area contributed by atoms with E-state index in [0.29, 0.717) is 27.8 Å². The summed E-state index contributed by atoms with van der Waals surface area (Å²) in [6.07, 6.45) is 2.08. The van der Waals surface area contributed by atoms with E-state index in [1.165, 1.54) is 0 Å². The molecule has 8 heteroatoms. The quantitative estimate of drug-likeness (QED) is 0.593. The third kappa shape index (κ3) is 5.60. The molecule has 1 saturated heterocycles. The molecule has 2 aromatic rings. The van der Waals surface area contributed by atoms with Crippen LogP contribution in [-0.2, 0) is 4.74 Å². The Bertz CT molecular complexity index is 885. The number of carbonyl (C=O) groups excluding carboxylic acids is 2. The number of rotatable bonds is 5. The first-order valence-electron chi connectivity index (χ1n) is 8.89. The Morgan fingerprint density at radius 3 is 2.71 bits per heavy atom. The highest BCUT2D eigenvalue weighted by atomic mass is 79.9. The lowest BCUT2D eigenvalue weighted by Gasteiger charge is -2.13. The Labute approximate surface area is 177 Å². The molecule has 3 rings (SSSR count). The Morgan fingerprint density at radius 1 is 1.14 bits per heavy atom. The molecule has 0 bridgehead atoms. The lowest BCUT2D eigenvalue weighted by molar-refractivity contribution is 0.0857. The summed E-state index contributed by atoms with van der Waals surface area (Å²) >= 11 is 8.55. The standard InChI is InChI=1S/C20H20BrN3O3S/c21-17-9-2-1-8-16(17)19(26)24-20(28)23-14-6-3-5-13(11-14)18(25)22-12-15-7-4-10-27-15/h1-3,5-6,8-9,11,15H,4,7,10,12H2,(H,22,25)(H2,23,24,26,28). The van der Waals surface area contributed by atoms with Gasteiger partial charge in [-0.05, 0) is 71.3 Å². The van der Waals surface area contributed by atoms with Crippen molar-refractivity contribution < 1.29 is 14.3 Å². The van der Waals surface area contributed by atoms with E-state index in [2.05, 4.69) is 31.9 Å². The minimum atomic E-state index is -0.324. The van der Waals surface area contributed by atoms with Gasteiger partial charge in [-0.1, -0.05) is 18.2 Å². The minimum Gasteiger partial charge on any atom is -0.376 e. The number of benzene rings is 2. The molecule has 0 spiro atoms. The van der Waals surface area contributed by atoms with Crippen molar-refractivity contribution in [3.63, 3.8) is 0 Å². The summed E-state index contributed by atoms with van der Waals surface area (Å²) in [4.78, 5) is 24.6. The van der Waals surface area contributed by atoms with E-state index in [0.717, 1.165) is 19.4 Å². The van der Waals surface area contributed by atoms with Crippen LogP contribution in [0, 0.1) is 0 Å². The van der Waals surface area contributed by atoms with Crippen molar-refractivity contribution in [2.24, 2.45) is 0 Å². The van der Waals surface area contributed by atoms with Crippen LogP contribution in [0.15, 0.2) is 53.0 Å². The van der Waals surface area contributed by atoms with Crippen LogP contribution in [0.25, 0.3) is 0 Å². The highest BCUT2D eigenvalue weighted by molar-refractivity contribution is 9.10. The van der Waals surface area contributed by atoms with E-state index in [1.807, 2.05) is 6.07 Å². The van der Waals surface area contributed by atoms with Gasteiger partial charge >= 0.3 is 0 Å². The summed E-state index contributed by atoms with van der Waals surface area (Å²) in [5.41, 5.74) is 1.60. The summed E-state index contributed by atoms with van der Waals surface area (Å²) in [5.74, 6) is -0.502. The van der Waals surface area contributed by atoms with Crippen molar-refractivity contribution in [3.8, 4) is 0 Å². The first-order valence-corrected chi connectivity index (χ1v) is 10.1. The number of nitrogens with one attached hydrogen (secondary N) is 3. The zero-order valence-electron chi connectivity index (χ0n) is 15.0. The number of carbonyl (C=O) groups is 2. The Morgan fingerprint density at radius 2 is 1.96 bits per heavy atom. The Hall–Kier alpha value is -2.29. The molecule has 1 unspecified atom stereocenters. The first kappa shape index (κ1) is 20.4. The third-order valence-corrected chi connectivity index (χ3v) is 5.14. The zero-order valence-corrected chi connectivity index (χ0v) is 17.4. The molecule has 0 aliphatic carbocycles. The Balaban J connectivity index is 1.56. The number of thiocarbonyl (C=S) groups is 1. The van der Waals surface area contributed by atoms with Crippen LogP contribution >= 0.6 is 28.1 Å². The topological polar surface area (TPSA) is 79.5 Å². The summed E-state index contributed by atoms with van der Waals surface area (Å²) in [6.45, 7) is 1.25. The van der Waals surface area contributed by atoms with Gasteiger partial charge in [-0.3, -0.25) is 14.9 Å². The highest BCUT2D eigenvalue weighted by Gasteiger charge is 2.17. The van der Waals surface area contributed by atoms with Crippen LogP contribution in [0.4, 0.5) is 5.69 Å². The van der Waals surface area contributed by atoms with E-state index in [4.69, 9.17) is 17.0 Å². The van der Waals surface area contributed by atoms with Gasteiger partial charge in [0, 0.05) is 28.9 Å². The maximum absolute atomic E-state index is 12.3. The lowest BCUT2D eigenvalue weighted by atomic mass is 10.1. The van der Waals surface area contributed by atoms with Gasteiger partial charge in [0.2, 0.25) is 0 Å². The predicted octanol–water partition coefficient (Wildman–Crippen LogP) is 3.48. The van der Waals surface area contributed by atoms with Crippen molar-refractivity contribution in [1.82, 2.24) is 10.6 Å². The largest absolute Gasteiger partial charge is 0.376 e. The van der Waals surface area contributed by atoms with Gasteiger partial charge in [0.15, 0.2) is 5.11 Å². The molecule has 2 aromatic carbocycles. The molecule has 146 valence electrons. The van der Waals surface area contributed by atoms with Crippen LogP contribution in [0.3, 0.4) is 0 Å². The van der Waals surface area contributed by atoms with Gasteiger partial charge < -0.3 is 15.4 Å². The molecule has 1 heterocycles. The second-order valence-corrected chi connectivity index (χ2v) is 7.58. The van der Waals surface area contributed by atoms with Crippen LogP contribution in [0.5, 0.6) is 0 Å².